The van der Waals surface area contributed by atoms with Gasteiger partial charge in [0.2, 0.25) is 0 Å². The highest BCUT2D eigenvalue weighted by Gasteiger charge is 2.23. The van der Waals surface area contributed by atoms with E-state index in [4.69, 9.17) is 5.11 Å². The zero-order valence-electron chi connectivity index (χ0n) is 11.7. The lowest BCUT2D eigenvalue weighted by Gasteiger charge is -2.16. The van der Waals surface area contributed by atoms with Crippen molar-refractivity contribution in [3.63, 3.8) is 0 Å². The minimum atomic E-state index is -0.227. The second-order valence-corrected chi connectivity index (χ2v) is 5.26. The van der Waals surface area contributed by atoms with Gasteiger partial charge in [-0.3, -0.25) is 9.78 Å². The molecule has 1 amide bonds. The Morgan fingerprint density at radius 2 is 2.40 bits per heavy atom. The van der Waals surface area contributed by atoms with E-state index < -0.39 is 0 Å². The van der Waals surface area contributed by atoms with Crippen LogP contribution in [-0.4, -0.2) is 29.1 Å². The number of pyridine rings is 1. The molecule has 0 radical (unpaired) electrons. The van der Waals surface area contributed by atoms with E-state index in [9.17, 15) is 4.79 Å². The maximum Gasteiger partial charge on any atom is 0.252 e. The molecule has 1 saturated carbocycles. The van der Waals surface area contributed by atoms with E-state index in [2.05, 4.69) is 29.1 Å². The molecule has 0 aromatic carbocycles. The minimum Gasteiger partial charge on any atom is -0.384 e. The highest BCUT2D eigenvalue weighted by molar-refractivity contribution is 5.96. The van der Waals surface area contributed by atoms with Crippen molar-refractivity contribution in [1.82, 2.24) is 10.3 Å². The van der Waals surface area contributed by atoms with Crippen molar-refractivity contribution in [2.75, 3.05) is 13.2 Å². The second kappa shape index (κ2) is 7.06. The van der Waals surface area contributed by atoms with Gasteiger partial charge in [-0.05, 0) is 24.3 Å². The van der Waals surface area contributed by atoms with Crippen LogP contribution < -0.4 is 5.32 Å². The Labute approximate surface area is 119 Å². The van der Waals surface area contributed by atoms with Gasteiger partial charge in [-0.2, -0.15) is 0 Å². The number of carbonyl (C=O) groups excluding carboxylic acids is 1. The molecule has 4 nitrogen and oxygen atoms in total. The third-order valence-electron chi connectivity index (χ3n) is 3.93. The fourth-order valence-electron chi connectivity index (χ4n) is 2.67. The molecule has 1 aliphatic carbocycles. The molecule has 2 unspecified atom stereocenters. The molecule has 1 heterocycles. The number of hydrogen-bond acceptors (Lipinski definition) is 3. The van der Waals surface area contributed by atoms with E-state index in [-0.39, 0.29) is 12.5 Å². The zero-order chi connectivity index (χ0) is 14.4. The Hall–Kier alpha value is -1.86. The number of nitrogens with zero attached hydrogens (tertiary/aromatic N) is 1. The summed E-state index contributed by atoms with van der Waals surface area (Å²) in [7, 11) is 0. The third kappa shape index (κ3) is 3.58. The molecule has 1 aromatic heterocycles. The fourth-order valence-corrected chi connectivity index (χ4v) is 2.67. The lowest BCUT2D eigenvalue weighted by molar-refractivity contribution is 0.0944. The molecule has 1 aliphatic rings. The summed E-state index contributed by atoms with van der Waals surface area (Å²) in [6.45, 7) is 2.74. The van der Waals surface area contributed by atoms with E-state index in [1.165, 1.54) is 19.3 Å². The number of aromatic nitrogens is 1. The molecule has 0 saturated heterocycles. The first-order chi connectivity index (χ1) is 9.72. The van der Waals surface area contributed by atoms with Gasteiger partial charge in [-0.25, -0.2) is 0 Å². The summed E-state index contributed by atoms with van der Waals surface area (Å²) in [4.78, 5) is 16.2. The number of hydrogen-bond donors (Lipinski definition) is 2. The molecule has 2 atom stereocenters. The highest BCUT2D eigenvalue weighted by atomic mass is 16.2. The Morgan fingerprint density at radius 3 is 3.10 bits per heavy atom. The average molecular weight is 272 g/mol. The van der Waals surface area contributed by atoms with Crippen molar-refractivity contribution in [2.24, 2.45) is 11.8 Å². The van der Waals surface area contributed by atoms with Crippen LogP contribution in [0.1, 0.15) is 42.1 Å². The quantitative estimate of drug-likeness (QED) is 0.821. The molecule has 20 heavy (non-hydrogen) atoms. The molecule has 4 heteroatoms. The third-order valence-corrected chi connectivity index (χ3v) is 3.93. The van der Waals surface area contributed by atoms with Gasteiger partial charge in [0.25, 0.3) is 5.91 Å². The van der Waals surface area contributed by atoms with Crippen molar-refractivity contribution in [2.45, 2.75) is 26.2 Å². The van der Waals surface area contributed by atoms with Crippen LogP contribution in [0.3, 0.4) is 0 Å². The molecule has 2 N–H and O–H groups in total. The summed E-state index contributed by atoms with van der Waals surface area (Å²) in [5, 5.41) is 11.7. The Morgan fingerprint density at radius 1 is 1.55 bits per heavy atom. The average Bonchev–Trinajstić information content (AvgIpc) is 2.88. The van der Waals surface area contributed by atoms with E-state index in [1.807, 2.05) is 0 Å². The Balaban J connectivity index is 2.02. The molecule has 0 spiro atoms. The van der Waals surface area contributed by atoms with Gasteiger partial charge >= 0.3 is 0 Å². The number of carbonyl (C=O) groups is 1. The van der Waals surface area contributed by atoms with Gasteiger partial charge in [-0.1, -0.05) is 31.6 Å². The lowest BCUT2D eigenvalue weighted by Crippen LogP contribution is -2.30. The summed E-state index contributed by atoms with van der Waals surface area (Å²) >= 11 is 0. The fraction of sp³-hybridized carbons (Fsp3) is 0.500. The number of amides is 1. The lowest BCUT2D eigenvalue weighted by atomic mass is 9.98. The van der Waals surface area contributed by atoms with E-state index in [0.29, 0.717) is 23.0 Å². The molecule has 106 valence electrons. The van der Waals surface area contributed by atoms with Crippen LogP contribution in [0.25, 0.3) is 0 Å². The maximum absolute atomic E-state index is 12.2. The Kier molecular flexibility index (Phi) is 5.14. The van der Waals surface area contributed by atoms with Crippen LogP contribution in [-0.2, 0) is 0 Å². The van der Waals surface area contributed by atoms with Gasteiger partial charge in [0, 0.05) is 18.9 Å². The molecular weight excluding hydrogens is 252 g/mol. The first kappa shape index (κ1) is 14.5. The standard InChI is InChI=1S/C16H20N2O2/c1-12-4-2-5-13(12)11-18-16(20)15-7-8-17-10-14(15)6-3-9-19/h7-8,10,12-13,19H,2,4-5,9,11H2,1H3,(H,18,20). The molecule has 2 rings (SSSR count). The van der Waals surface area contributed by atoms with Crippen molar-refractivity contribution < 1.29 is 9.90 Å². The first-order valence-electron chi connectivity index (χ1n) is 7.04. The van der Waals surface area contributed by atoms with Crippen molar-refractivity contribution in [3.8, 4) is 11.8 Å². The van der Waals surface area contributed by atoms with Crippen LogP contribution in [0.4, 0.5) is 0 Å². The molecule has 1 aromatic rings. The van der Waals surface area contributed by atoms with E-state index in [0.717, 1.165) is 6.54 Å². The number of rotatable bonds is 3. The summed E-state index contributed by atoms with van der Waals surface area (Å²) < 4.78 is 0. The summed E-state index contributed by atoms with van der Waals surface area (Å²) in [5.74, 6) is 6.45. The normalized spacial score (nSPS) is 21.1. The summed E-state index contributed by atoms with van der Waals surface area (Å²) in [5.41, 5.74) is 1.07. The number of aliphatic hydroxyl groups excluding tert-OH is 1. The summed E-state index contributed by atoms with van der Waals surface area (Å²) in [6.07, 6.45) is 6.83. The highest BCUT2D eigenvalue weighted by Crippen LogP contribution is 2.30. The van der Waals surface area contributed by atoms with Crippen molar-refractivity contribution in [1.29, 1.82) is 0 Å². The van der Waals surface area contributed by atoms with Crippen molar-refractivity contribution >= 4 is 5.91 Å². The topological polar surface area (TPSA) is 62.2 Å². The van der Waals surface area contributed by atoms with Gasteiger partial charge in [0.05, 0.1) is 11.1 Å². The molecule has 0 bridgehead atoms. The summed E-state index contributed by atoms with van der Waals surface area (Å²) in [6, 6.07) is 1.66. The monoisotopic (exact) mass is 272 g/mol. The molecule has 1 fully saturated rings. The first-order valence-corrected chi connectivity index (χ1v) is 7.04. The smallest absolute Gasteiger partial charge is 0.252 e. The predicted octanol–water partition coefficient (Wildman–Crippen LogP) is 1.59. The van der Waals surface area contributed by atoms with Gasteiger partial charge in [0.1, 0.15) is 6.61 Å². The van der Waals surface area contributed by atoms with Crippen LogP contribution in [0.2, 0.25) is 0 Å². The molecule has 0 aliphatic heterocycles. The van der Waals surface area contributed by atoms with Gasteiger partial charge < -0.3 is 10.4 Å². The number of aliphatic hydroxyl groups is 1. The van der Waals surface area contributed by atoms with Crippen LogP contribution >= 0.6 is 0 Å². The van der Waals surface area contributed by atoms with E-state index >= 15 is 0 Å². The van der Waals surface area contributed by atoms with Crippen molar-refractivity contribution in [3.05, 3.63) is 29.6 Å². The van der Waals surface area contributed by atoms with E-state index in [1.54, 1.807) is 18.5 Å². The maximum atomic E-state index is 12.2. The minimum absolute atomic E-state index is 0.117. The predicted molar refractivity (Wildman–Crippen MR) is 77.0 cm³/mol. The number of nitrogens with one attached hydrogen (secondary N) is 1. The van der Waals surface area contributed by atoms with Gasteiger partial charge in [-0.15, -0.1) is 0 Å². The van der Waals surface area contributed by atoms with Crippen LogP contribution in [0.5, 0.6) is 0 Å². The van der Waals surface area contributed by atoms with Gasteiger partial charge in [0.15, 0.2) is 0 Å². The SMILES string of the molecule is CC1CCCC1CNC(=O)c1ccncc1C#CCO. The van der Waals surface area contributed by atoms with Crippen LogP contribution in [0, 0.1) is 23.7 Å². The second-order valence-electron chi connectivity index (χ2n) is 5.26. The largest absolute Gasteiger partial charge is 0.384 e. The molecular formula is C16H20N2O2. The van der Waals surface area contributed by atoms with Crippen LogP contribution in [0.15, 0.2) is 18.5 Å². The zero-order valence-corrected chi connectivity index (χ0v) is 11.7. The Bertz CT molecular complexity index is 531.